The average Bonchev–Trinajstić information content (AvgIpc) is 2.51. The van der Waals surface area contributed by atoms with E-state index in [0.717, 1.165) is 25.1 Å². The minimum Gasteiger partial charge on any atom is -0.504 e. The molecule has 4 heteroatoms. The third-order valence-electron chi connectivity index (χ3n) is 4.36. The van der Waals surface area contributed by atoms with Gasteiger partial charge in [-0.15, -0.1) is 0 Å². The summed E-state index contributed by atoms with van der Waals surface area (Å²) in [5, 5.41) is 22.6. The van der Waals surface area contributed by atoms with Gasteiger partial charge in [0, 0.05) is 13.2 Å². The topological polar surface area (TPSA) is 61.7 Å². The molecular weight excluding hydrogens is 266 g/mol. The van der Waals surface area contributed by atoms with Crippen molar-refractivity contribution in [3.8, 4) is 11.5 Å². The molecule has 21 heavy (non-hydrogen) atoms. The first-order valence-corrected chi connectivity index (χ1v) is 8.00. The number of aliphatic hydroxyl groups excluding tert-OH is 1. The van der Waals surface area contributed by atoms with Gasteiger partial charge in [-0.3, -0.25) is 0 Å². The van der Waals surface area contributed by atoms with E-state index < -0.39 is 0 Å². The van der Waals surface area contributed by atoms with E-state index >= 15 is 0 Å². The molecule has 1 aromatic carbocycles. The van der Waals surface area contributed by atoms with Crippen LogP contribution in [-0.4, -0.2) is 30.0 Å². The molecule has 4 nitrogen and oxygen atoms in total. The van der Waals surface area contributed by atoms with Crippen LogP contribution in [0, 0.1) is 11.8 Å². The Morgan fingerprint density at radius 2 is 2.00 bits per heavy atom. The Morgan fingerprint density at radius 1 is 1.24 bits per heavy atom. The van der Waals surface area contributed by atoms with Crippen LogP contribution in [-0.2, 0) is 6.54 Å². The number of ether oxygens (including phenoxy) is 1. The molecule has 118 valence electrons. The highest BCUT2D eigenvalue weighted by molar-refractivity contribution is 5.41. The maximum Gasteiger partial charge on any atom is 0.161 e. The summed E-state index contributed by atoms with van der Waals surface area (Å²) in [6.45, 7) is 4.46. The zero-order valence-corrected chi connectivity index (χ0v) is 12.8. The molecule has 0 aliphatic heterocycles. The van der Waals surface area contributed by atoms with Crippen LogP contribution in [0.3, 0.4) is 0 Å². The summed E-state index contributed by atoms with van der Waals surface area (Å²) in [5.74, 6) is 1.76. The lowest BCUT2D eigenvalue weighted by Crippen LogP contribution is -2.32. The minimum absolute atomic E-state index is 0.188. The van der Waals surface area contributed by atoms with Crippen molar-refractivity contribution in [1.29, 1.82) is 0 Å². The molecule has 0 heterocycles. The summed E-state index contributed by atoms with van der Waals surface area (Å²) in [6.07, 6.45) is 4.88. The van der Waals surface area contributed by atoms with Gasteiger partial charge in [-0.1, -0.05) is 18.9 Å². The third-order valence-corrected chi connectivity index (χ3v) is 4.36. The number of hydrogen-bond donors (Lipinski definition) is 3. The van der Waals surface area contributed by atoms with Crippen molar-refractivity contribution in [2.75, 3.05) is 19.8 Å². The predicted octanol–water partition coefficient (Wildman–Crippen LogP) is 2.68. The Balaban J connectivity index is 1.83. The van der Waals surface area contributed by atoms with Crippen molar-refractivity contribution >= 4 is 0 Å². The summed E-state index contributed by atoms with van der Waals surface area (Å²) in [6, 6.07) is 5.48. The number of hydrogen-bond acceptors (Lipinski definition) is 4. The number of phenols is 1. The van der Waals surface area contributed by atoms with Crippen molar-refractivity contribution in [2.24, 2.45) is 11.8 Å². The van der Waals surface area contributed by atoms with Crippen LogP contribution in [0.15, 0.2) is 18.2 Å². The van der Waals surface area contributed by atoms with Crippen LogP contribution >= 0.6 is 0 Å². The number of rotatable bonds is 7. The van der Waals surface area contributed by atoms with Gasteiger partial charge < -0.3 is 20.3 Å². The first-order valence-electron chi connectivity index (χ1n) is 8.00. The second-order valence-electron chi connectivity index (χ2n) is 5.85. The highest BCUT2D eigenvalue weighted by Crippen LogP contribution is 2.29. The molecule has 0 saturated heterocycles. The van der Waals surface area contributed by atoms with Gasteiger partial charge >= 0.3 is 0 Å². The monoisotopic (exact) mass is 293 g/mol. The quantitative estimate of drug-likeness (QED) is 0.723. The number of benzene rings is 1. The Labute approximate surface area is 127 Å². The van der Waals surface area contributed by atoms with E-state index in [2.05, 4.69) is 5.32 Å². The molecule has 2 unspecified atom stereocenters. The van der Waals surface area contributed by atoms with Crippen molar-refractivity contribution in [3.63, 3.8) is 0 Å². The van der Waals surface area contributed by atoms with Crippen molar-refractivity contribution in [1.82, 2.24) is 5.32 Å². The number of aliphatic hydroxyl groups is 1. The van der Waals surface area contributed by atoms with Gasteiger partial charge in [-0.2, -0.15) is 0 Å². The van der Waals surface area contributed by atoms with E-state index in [-0.39, 0.29) is 5.75 Å². The molecule has 0 aromatic heterocycles. The van der Waals surface area contributed by atoms with Crippen LogP contribution < -0.4 is 10.1 Å². The fraction of sp³-hybridized carbons (Fsp3) is 0.647. The van der Waals surface area contributed by atoms with Crippen LogP contribution in [0.25, 0.3) is 0 Å². The molecule has 0 amide bonds. The van der Waals surface area contributed by atoms with E-state index in [0.29, 0.717) is 30.8 Å². The van der Waals surface area contributed by atoms with Gasteiger partial charge in [-0.05, 0) is 55.8 Å². The van der Waals surface area contributed by atoms with Crippen LogP contribution in [0.1, 0.15) is 38.2 Å². The van der Waals surface area contributed by atoms with E-state index in [1.807, 2.05) is 19.1 Å². The highest BCUT2D eigenvalue weighted by atomic mass is 16.5. The first-order chi connectivity index (χ1) is 10.2. The summed E-state index contributed by atoms with van der Waals surface area (Å²) in [5.41, 5.74) is 1.10. The van der Waals surface area contributed by atoms with E-state index in [4.69, 9.17) is 4.74 Å². The van der Waals surface area contributed by atoms with E-state index in [9.17, 15) is 10.2 Å². The highest BCUT2D eigenvalue weighted by Gasteiger charge is 2.23. The summed E-state index contributed by atoms with van der Waals surface area (Å²) in [7, 11) is 0. The van der Waals surface area contributed by atoms with Crippen molar-refractivity contribution in [2.45, 2.75) is 39.2 Å². The van der Waals surface area contributed by atoms with Gasteiger partial charge in [-0.25, -0.2) is 0 Å². The fourth-order valence-corrected chi connectivity index (χ4v) is 3.14. The SMILES string of the molecule is CCOc1cc(CNCC2CCCCC2CO)ccc1O. The third kappa shape index (κ3) is 4.61. The zero-order valence-electron chi connectivity index (χ0n) is 12.8. The molecule has 0 radical (unpaired) electrons. The maximum absolute atomic E-state index is 9.69. The predicted molar refractivity (Wildman–Crippen MR) is 83.5 cm³/mol. The van der Waals surface area contributed by atoms with Crippen LogP contribution in [0.2, 0.25) is 0 Å². The normalized spacial score (nSPS) is 22.2. The van der Waals surface area contributed by atoms with Gasteiger partial charge in [0.15, 0.2) is 11.5 Å². The van der Waals surface area contributed by atoms with Crippen molar-refractivity contribution < 1.29 is 14.9 Å². The molecule has 2 rings (SSSR count). The second-order valence-corrected chi connectivity index (χ2v) is 5.85. The lowest BCUT2D eigenvalue weighted by Gasteiger charge is -2.30. The molecule has 1 fully saturated rings. The lowest BCUT2D eigenvalue weighted by molar-refractivity contribution is 0.133. The Bertz CT molecular complexity index is 436. The summed E-state index contributed by atoms with van der Waals surface area (Å²) < 4.78 is 5.40. The van der Waals surface area contributed by atoms with E-state index in [1.54, 1.807) is 6.07 Å². The van der Waals surface area contributed by atoms with Gasteiger partial charge in [0.1, 0.15) is 0 Å². The molecule has 0 spiro atoms. The number of aromatic hydroxyl groups is 1. The molecule has 1 aliphatic rings. The maximum atomic E-state index is 9.69. The number of nitrogens with one attached hydrogen (secondary N) is 1. The summed E-state index contributed by atoms with van der Waals surface area (Å²) >= 11 is 0. The minimum atomic E-state index is 0.188. The fourth-order valence-electron chi connectivity index (χ4n) is 3.14. The largest absolute Gasteiger partial charge is 0.504 e. The molecular formula is C17H27NO3. The Kier molecular flexibility index (Phi) is 6.33. The van der Waals surface area contributed by atoms with Crippen LogP contribution in [0.5, 0.6) is 11.5 Å². The van der Waals surface area contributed by atoms with Gasteiger partial charge in [0.05, 0.1) is 6.61 Å². The zero-order chi connectivity index (χ0) is 15.1. The lowest BCUT2D eigenvalue weighted by atomic mass is 9.79. The standard InChI is InChI=1S/C17H27NO3/c1-2-21-17-9-13(7-8-16(17)20)10-18-11-14-5-3-4-6-15(14)12-19/h7-9,14-15,18-20H,2-6,10-12H2,1H3. The molecule has 1 saturated carbocycles. The molecule has 3 N–H and O–H groups in total. The first kappa shape index (κ1) is 16.1. The smallest absolute Gasteiger partial charge is 0.161 e. The summed E-state index contributed by atoms with van der Waals surface area (Å²) in [4.78, 5) is 0. The Hall–Kier alpha value is -1.26. The van der Waals surface area contributed by atoms with E-state index in [1.165, 1.54) is 19.3 Å². The van der Waals surface area contributed by atoms with Crippen LogP contribution in [0.4, 0.5) is 0 Å². The Morgan fingerprint density at radius 3 is 2.71 bits per heavy atom. The number of phenolic OH excluding ortho intramolecular Hbond substituents is 1. The van der Waals surface area contributed by atoms with Crippen molar-refractivity contribution in [3.05, 3.63) is 23.8 Å². The molecule has 1 aromatic rings. The van der Waals surface area contributed by atoms with Gasteiger partial charge in [0.25, 0.3) is 0 Å². The molecule has 1 aliphatic carbocycles. The second kappa shape index (κ2) is 8.25. The molecule has 0 bridgehead atoms. The molecule has 2 atom stereocenters. The van der Waals surface area contributed by atoms with Gasteiger partial charge in [0.2, 0.25) is 0 Å². The average molecular weight is 293 g/mol.